The van der Waals surface area contributed by atoms with Crippen LogP contribution in [0.3, 0.4) is 0 Å². The standard InChI is InChI=1S/C27H30N6O3S2/c1-17(13-19-9-6-5-7-10-19)24-30-31-25(36-24)21-14-20(15-23(29-21)32(3)38(4)35)27(34)33-12-8-11-22(33)26-28-18(2)16-37-26/h5-7,9-10,14-17,22H,8,11-13H2,1-4H3. The molecule has 4 heterocycles. The fourth-order valence-corrected chi connectivity index (χ4v) is 5.89. The van der Waals surface area contributed by atoms with E-state index >= 15 is 0 Å². The molecule has 4 aromatic rings. The number of carbonyl (C=O) groups is 1. The van der Waals surface area contributed by atoms with Gasteiger partial charge in [0.05, 0.1) is 6.04 Å². The third-order valence-electron chi connectivity index (χ3n) is 6.67. The van der Waals surface area contributed by atoms with Gasteiger partial charge in [-0.15, -0.1) is 21.5 Å². The van der Waals surface area contributed by atoms with E-state index in [0.717, 1.165) is 30.0 Å². The maximum atomic E-state index is 13.8. The van der Waals surface area contributed by atoms with Crippen molar-refractivity contribution >= 4 is 34.0 Å². The largest absolute Gasteiger partial charge is 0.419 e. The van der Waals surface area contributed by atoms with Gasteiger partial charge in [-0.1, -0.05) is 37.3 Å². The molecule has 1 amide bonds. The smallest absolute Gasteiger partial charge is 0.266 e. The molecule has 1 aliphatic heterocycles. The molecular formula is C27H30N6O3S2. The topological polar surface area (TPSA) is 105 Å². The van der Waals surface area contributed by atoms with Crippen molar-refractivity contribution in [3.63, 3.8) is 0 Å². The Labute approximate surface area is 228 Å². The van der Waals surface area contributed by atoms with Crippen LogP contribution in [-0.4, -0.2) is 55.0 Å². The molecule has 3 unspecified atom stereocenters. The van der Waals surface area contributed by atoms with Crippen molar-refractivity contribution in [2.75, 3.05) is 24.2 Å². The SMILES string of the molecule is Cc1csc(C2CCCN2C(=O)c2cc(-c3nnc(C(C)Cc4ccccc4)o3)nc(N(C)S(C)=O)c2)n1. The highest BCUT2D eigenvalue weighted by Gasteiger charge is 2.33. The minimum absolute atomic E-state index is 0.000801. The van der Waals surface area contributed by atoms with Crippen LogP contribution >= 0.6 is 11.3 Å². The summed E-state index contributed by atoms with van der Waals surface area (Å²) in [6.07, 6.45) is 4.09. The van der Waals surface area contributed by atoms with Gasteiger partial charge in [0.15, 0.2) is 0 Å². The molecule has 11 heteroatoms. The second kappa shape index (κ2) is 11.1. The molecule has 1 aromatic carbocycles. The van der Waals surface area contributed by atoms with E-state index in [4.69, 9.17) is 4.42 Å². The molecule has 198 valence electrons. The van der Waals surface area contributed by atoms with Crippen LogP contribution in [-0.2, 0) is 17.4 Å². The normalized spacial score (nSPS) is 16.9. The molecule has 38 heavy (non-hydrogen) atoms. The predicted octanol–water partition coefficient (Wildman–Crippen LogP) is 4.95. The molecule has 0 bridgehead atoms. The molecule has 5 rings (SSSR count). The third kappa shape index (κ3) is 5.53. The average Bonchev–Trinajstić information content (AvgIpc) is 3.69. The van der Waals surface area contributed by atoms with Gasteiger partial charge in [-0.3, -0.25) is 9.10 Å². The lowest BCUT2D eigenvalue weighted by Gasteiger charge is -2.24. The first-order valence-electron chi connectivity index (χ1n) is 12.5. The van der Waals surface area contributed by atoms with Crippen molar-refractivity contribution in [1.82, 2.24) is 25.1 Å². The number of hydrogen-bond donors (Lipinski definition) is 0. The Morgan fingerprint density at radius 2 is 2.03 bits per heavy atom. The number of thiazole rings is 1. The van der Waals surface area contributed by atoms with Crippen molar-refractivity contribution < 1.29 is 13.4 Å². The Bertz CT molecular complexity index is 1450. The molecule has 9 nitrogen and oxygen atoms in total. The average molecular weight is 551 g/mol. The van der Waals surface area contributed by atoms with Crippen molar-refractivity contribution in [3.8, 4) is 11.6 Å². The lowest BCUT2D eigenvalue weighted by atomic mass is 10.0. The molecule has 1 saturated heterocycles. The van der Waals surface area contributed by atoms with Crippen LogP contribution in [0.25, 0.3) is 11.6 Å². The molecular weight excluding hydrogens is 520 g/mol. The third-order valence-corrected chi connectivity index (χ3v) is 8.69. The number of pyridine rings is 1. The summed E-state index contributed by atoms with van der Waals surface area (Å²) in [5.74, 6) is 0.984. The second-order valence-corrected chi connectivity index (χ2v) is 11.8. The van der Waals surface area contributed by atoms with E-state index in [2.05, 4.69) is 32.3 Å². The molecule has 1 fully saturated rings. The second-order valence-electron chi connectivity index (χ2n) is 9.54. The molecule has 3 atom stereocenters. The predicted molar refractivity (Wildman–Crippen MR) is 148 cm³/mol. The minimum atomic E-state index is -1.34. The number of amides is 1. The van der Waals surface area contributed by atoms with Crippen LogP contribution in [0.2, 0.25) is 0 Å². The van der Waals surface area contributed by atoms with E-state index in [9.17, 15) is 9.00 Å². The molecule has 0 aliphatic carbocycles. The number of hydrogen-bond acceptors (Lipinski definition) is 8. The van der Waals surface area contributed by atoms with E-state index < -0.39 is 11.0 Å². The van der Waals surface area contributed by atoms with Gasteiger partial charge < -0.3 is 9.32 Å². The van der Waals surface area contributed by atoms with Crippen LogP contribution in [0.4, 0.5) is 5.82 Å². The van der Waals surface area contributed by atoms with Crippen molar-refractivity contribution in [2.24, 2.45) is 0 Å². The number of likely N-dealkylation sites (tertiary alicyclic amines) is 1. The fraction of sp³-hybridized carbons (Fsp3) is 0.370. The lowest BCUT2D eigenvalue weighted by Crippen LogP contribution is -2.31. The number of rotatable bonds is 8. The van der Waals surface area contributed by atoms with Gasteiger partial charge in [0.2, 0.25) is 5.89 Å². The van der Waals surface area contributed by atoms with Crippen LogP contribution in [0, 0.1) is 6.92 Å². The number of nitrogens with zero attached hydrogens (tertiary/aromatic N) is 6. The first kappa shape index (κ1) is 26.2. The Morgan fingerprint density at radius 1 is 1.24 bits per heavy atom. The molecule has 0 N–H and O–H groups in total. The zero-order valence-corrected chi connectivity index (χ0v) is 23.5. The van der Waals surface area contributed by atoms with Gasteiger partial charge >= 0.3 is 0 Å². The highest BCUT2D eigenvalue weighted by atomic mass is 32.2. The Hall–Kier alpha value is -3.44. The van der Waals surface area contributed by atoms with Gasteiger partial charge in [0.1, 0.15) is 27.5 Å². The van der Waals surface area contributed by atoms with Crippen LogP contribution in [0.15, 0.2) is 52.3 Å². The highest BCUT2D eigenvalue weighted by molar-refractivity contribution is 7.85. The van der Waals surface area contributed by atoms with E-state index in [1.807, 2.05) is 42.3 Å². The first-order chi connectivity index (χ1) is 18.3. The number of aryl methyl sites for hydroxylation is 1. The zero-order chi connectivity index (χ0) is 26.8. The number of carbonyl (C=O) groups excluding carboxylic acids is 1. The molecule has 0 spiro atoms. The van der Waals surface area contributed by atoms with Crippen LogP contribution < -0.4 is 4.31 Å². The highest BCUT2D eigenvalue weighted by Crippen LogP contribution is 2.35. The summed E-state index contributed by atoms with van der Waals surface area (Å²) < 4.78 is 19.8. The summed E-state index contributed by atoms with van der Waals surface area (Å²) in [6, 6.07) is 13.4. The summed E-state index contributed by atoms with van der Waals surface area (Å²) in [6.45, 7) is 4.64. The van der Waals surface area contributed by atoms with E-state index in [0.29, 0.717) is 29.5 Å². The lowest BCUT2D eigenvalue weighted by molar-refractivity contribution is 0.0735. The number of anilines is 1. The van der Waals surface area contributed by atoms with Gasteiger partial charge in [-0.05, 0) is 43.9 Å². The Morgan fingerprint density at radius 3 is 2.74 bits per heavy atom. The van der Waals surface area contributed by atoms with Crippen molar-refractivity contribution in [2.45, 2.75) is 45.1 Å². The summed E-state index contributed by atoms with van der Waals surface area (Å²) >= 11 is 1.58. The number of aromatic nitrogens is 4. The maximum Gasteiger partial charge on any atom is 0.266 e. The van der Waals surface area contributed by atoms with E-state index in [1.165, 1.54) is 9.87 Å². The molecule has 1 aliphatic rings. The fourth-order valence-electron chi connectivity index (χ4n) is 4.59. The van der Waals surface area contributed by atoms with Gasteiger partial charge in [-0.25, -0.2) is 14.2 Å². The van der Waals surface area contributed by atoms with Gasteiger partial charge in [0, 0.05) is 42.4 Å². The summed E-state index contributed by atoms with van der Waals surface area (Å²) in [5, 5.41) is 11.5. The summed E-state index contributed by atoms with van der Waals surface area (Å²) in [5.41, 5.74) is 2.93. The zero-order valence-electron chi connectivity index (χ0n) is 21.8. The monoisotopic (exact) mass is 550 g/mol. The molecule has 3 aromatic heterocycles. The van der Waals surface area contributed by atoms with Crippen molar-refractivity contribution in [3.05, 3.63) is 75.6 Å². The Balaban J connectivity index is 1.46. The van der Waals surface area contributed by atoms with E-state index in [1.54, 1.807) is 36.8 Å². The summed E-state index contributed by atoms with van der Waals surface area (Å²) in [7, 11) is 0.338. The maximum absolute atomic E-state index is 13.8. The quantitative estimate of drug-likeness (QED) is 0.306. The van der Waals surface area contributed by atoms with Gasteiger partial charge in [0.25, 0.3) is 11.8 Å². The molecule has 0 radical (unpaired) electrons. The van der Waals surface area contributed by atoms with Crippen molar-refractivity contribution in [1.29, 1.82) is 0 Å². The van der Waals surface area contributed by atoms with Crippen LogP contribution in [0.1, 0.15) is 64.2 Å². The van der Waals surface area contributed by atoms with Gasteiger partial charge in [-0.2, -0.15) is 0 Å². The Kier molecular flexibility index (Phi) is 7.66. The summed E-state index contributed by atoms with van der Waals surface area (Å²) in [4.78, 5) is 24.9. The number of benzene rings is 1. The first-order valence-corrected chi connectivity index (χ1v) is 14.9. The van der Waals surface area contributed by atoms with Crippen LogP contribution in [0.5, 0.6) is 0 Å². The van der Waals surface area contributed by atoms with E-state index in [-0.39, 0.29) is 23.8 Å². The molecule has 0 saturated carbocycles. The minimum Gasteiger partial charge on any atom is -0.419 e.